The Hall–Kier alpha value is -2.82. The molecular weight excluding hydrogens is 316 g/mol. The lowest BCUT2D eigenvalue weighted by molar-refractivity contribution is -0.142. The Morgan fingerprint density at radius 3 is 2.36 bits per heavy atom. The average molecular weight is 340 g/mol. The van der Waals surface area contributed by atoms with Crippen molar-refractivity contribution in [3.8, 4) is 5.75 Å². The van der Waals surface area contributed by atoms with Crippen LogP contribution < -0.4 is 10.1 Å². The lowest BCUT2D eigenvalue weighted by Gasteiger charge is -2.28. The molecule has 5 heteroatoms. The van der Waals surface area contributed by atoms with E-state index in [1.54, 1.807) is 31.0 Å². The monoisotopic (exact) mass is 340 g/mol. The fraction of sp³-hybridized carbons (Fsp3) is 0.300. The van der Waals surface area contributed by atoms with Crippen LogP contribution in [-0.2, 0) is 16.1 Å². The Kier molecular flexibility index (Phi) is 6.57. The van der Waals surface area contributed by atoms with Gasteiger partial charge in [-0.05, 0) is 37.1 Å². The molecule has 1 unspecified atom stereocenters. The summed E-state index contributed by atoms with van der Waals surface area (Å²) in [6, 6.07) is 16.4. The number of rotatable bonds is 7. The minimum absolute atomic E-state index is 0.114. The highest BCUT2D eigenvalue weighted by atomic mass is 16.5. The number of benzene rings is 2. The second-order valence-corrected chi connectivity index (χ2v) is 5.84. The van der Waals surface area contributed by atoms with Crippen LogP contribution in [0.4, 0.5) is 0 Å². The topological polar surface area (TPSA) is 58.6 Å². The van der Waals surface area contributed by atoms with E-state index >= 15 is 0 Å². The number of aryl methyl sites for hydroxylation is 1. The summed E-state index contributed by atoms with van der Waals surface area (Å²) in [5.41, 5.74) is 2.08. The van der Waals surface area contributed by atoms with Crippen molar-refractivity contribution >= 4 is 11.8 Å². The smallest absolute Gasteiger partial charge is 0.261 e. The zero-order valence-corrected chi connectivity index (χ0v) is 14.9. The molecule has 5 nitrogen and oxygen atoms in total. The van der Waals surface area contributed by atoms with Gasteiger partial charge in [-0.15, -0.1) is 0 Å². The number of likely N-dealkylation sites (N-methyl/N-ethyl adjacent to an activating group) is 1. The molecule has 0 heterocycles. The summed E-state index contributed by atoms with van der Waals surface area (Å²) in [7, 11) is 1.57. The molecule has 0 saturated heterocycles. The van der Waals surface area contributed by atoms with Crippen LogP contribution in [0.5, 0.6) is 5.75 Å². The van der Waals surface area contributed by atoms with Gasteiger partial charge in [-0.25, -0.2) is 0 Å². The fourth-order valence-corrected chi connectivity index (χ4v) is 2.51. The first-order valence-electron chi connectivity index (χ1n) is 8.26. The van der Waals surface area contributed by atoms with E-state index in [2.05, 4.69) is 5.32 Å². The molecule has 0 spiro atoms. The second kappa shape index (κ2) is 8.87. The van der Waals surface area contributed by atoms with Crippen LogP contribution in [0.25, 0.3) is 0 Å². The van der Waals surface area contributed by atoms with Crippen LogP contribution in [0.1, 0.15) is 18.1 Å². The van der Waals surface area contributed by atoms with Crippen molar-refractivity contribution in [2.24, 2.45) is 0 Å². The van der Waals surface area contributed by atoms with Gasteiger partial charge >= 0.3 is 0 Å². The van der Waals surface area contributed by atoms with E-state index in [4.69, 9.17) is 4.74 Å². The van der Waals surface area contributed by atoms with E-state index in [1.807, 2.05) is 49.4 Å². The molecule has 2 amide bonds. The Bertz CT molecular complexity index is 716. The van der Waals surface area contributed by atoms with Gasteiger partial charge in [-0.1, -0.05) is 42.5 Å². The van der Waals surface area contributed by atoms with E-state index < -0.39 is 6.04 Å². The summed E-state index contributed by atoms with van der Waals surface area (Å²) in [5.74, 6) is 0.184. The minimum atomic E-state index is -0.587. The summed E-state index contributed by atoms with van der Waals surface area (Å²) in [6.45, 7) is 3.95. The maximum atomic E-state index is 12.7. The van der Waals surface area contributed by atoms with Crippen molar-refractivity contribution in [2.45, 2.75) is 26.4 Å². The molecule has 132 valence electrons. The molecule has 1 N–H and O–H groups in total. The summed E-state index contributed by atoms with van der Waals surface area (Å²) in [6.07, 6.45) is 0. The van der Waals surface area contributed by atoms with Crippen LogP contribution in [0.2, 0.25) is 0 Å². The van der Waals surface area contributed by atoms with E-state index in [0.29, 0.717) is 12.3 Å². The number of carbonyl (C=O) groups excluding carboxylic acids is 2. The molecule has 0 aromatic heterocycles. The fourth-order valence-electron chi connectivity index (χ4n) is 2.51. The average Bonchev–Trinajstić information content (AvgIpc) is 2.65. The van der Waals surface area contributed by atoms with E-state index in [9.17, 15) is 9.59 Å². The Labute approximate surface area is 148 Å². The van der Waals surface area contributed by atoms with Gasteiger partial charge in [-0.3, -0.25) is 9.59 Å². The lowest BCUT2D eigenvalue weighted by Crippen LogP contribution is -2.48. The maximum Gasteiger partial charge on any atom is 0.261 e. The lowest BCUT2D eigenvalue weighted by atomic mass is 10.1. The van der Waals surface area contributed by atoms with Crippen molar-refractivity contribution < 1.29 is 14.3 Å². The second-order valence-electron chi connectivity index (χ2n) is 5.84. The Morgan fingerprint density at radius 1 is 1.08 bits per heavy atom. The predicted octanol–water partition coefficient (Wildman–Crippen LogP) is 2.54. The van der Waals surface area contributed by atoms with Gasteiger partial charge in [-0.2, -0.15) is 0 Å². The first kappa shape index (κ1) is 18.5. The van der Waals surface area contributed by atoms with Gasteiger partial charge in [0.1, 0.15) is 11.8 Å². The first-order valence-corrected chi connectivity index (χ1v) is 8.26. The molecule has 2 rings (SSSR count). The normalized spacial score (nSPS) is 11.5. The number of nitrogens with one attached hydrogen (secondary N) is 1. The van der Waals surface area contributed by atoms with Crippen LogP contribution in [0.15, 0.2) is 54.6 Å². The molecule has 1 atom stereocenters. The highest BCUT2D eigenvalue weighted by Crippen LogP contribution is 2.14. The Balaban J connectivity index is 2.14. The highest BCUT2D eigenvalue weighted by Gasteiger charge is 2.26. The number of hydrogen-bond donors (Lipinski definition) is 1. The highest BCUT2D eigenvalue weighted by molar-refractivity contribution is 5.87. The number of nitrogens with zero attached hydrogens (tertiary/aromatic N) is 1. The SMILES string of the molecule is CNC(=O)C(C)N(Cc1ccccc1C)C(=O)COc1ccccc1. The summed E-state index contributed by atoms with van der Waals surface area (Å²) in [4.78, 5) is 26.3. The molecule has 0 bridgehead atoms. The number of para-hydroxylation sites is 1. The predicted molar refractivity (Wildman–Crippen MR) is 97.2 cm³/mol. The van der Waals surface area contributed by atoms with Crippen molar-refractivity contribution in [1.29, 1.82) is 0 Å². The van der Waals surface area contributed by atoms with Crippen LogP contribution >= 0.6 is 0 Å². The van der Waals surface area contributed by atoms with Gasteiger partial charge in [0.2, 0.25) is 5.91 Å². The van der Waals surface area contributed by atoms with Gasteiger partial charge < -0.3 is 15.0 Å². The minimum Gasteiger partial charge on any atom is -0.484 e. The van der Waals surface area contributed by atoms with Crippen LogP contribution in [0, 0.1) is 6.92 Å². The van der Waals surface area contributed by atoms with Crippen molar-refractivity contribution in [3.05, 3.63) is 65.7 Å². The number of hydrogen-bond acceptors (Lipinski definition) is 3. The quantitative estimate of drug-likeness (QED) is 0.843. The van der Waals surface area contributed by atoms with Crippen molar-refractivity contribution in [1.82, 2.24) is 10.2 Å². The molecular formula is C20H24N2O3. The van der Waals surface area contributed by atoms with Gasteiger partial charge in [0.15, 0.2) is 6.61 Å². The molecule has 0 aliphatic carbocycles. The van der Waals surface area contributed by atoms with Crippen LogP contribution in [0.3, 0.4) is 0 Å². The standard InChI is InChI=1S/C20H24N2O3/c1-15-9-7-8-10-17(15)13-22(16(2)20(24)21-3)19(23)14-25-18-11-5-4-6-12-18/h4-12,16H,13-14H2,1-3H3,(H,21,24). The van der Waals surface area contributed by atoms with Crippen molar-refractivity contribution in [3.63, 3.8) is 0 Å². The van der Waals surface area contributed by atoms with Gasteiger partial charge in [0.25, 0.3) is 5.91 Å². The third kappa shape index (κ3) is 5.08. The van der Waals surface area contributed by atoms with E-state index in [1.165, 1.54) is 0 Å². The van der Waals surface area contributed by atoms with Crippen LogP contribution in [-0.4, -0.2) is 36.4 Å². The molecule has 0 radical (unpaired) electrons. The van der Waals surface area contributed by atoms with Gasteiger partial charge in [0.05, 0.1) is 0 Å². The number of ether oxygens (including phenoxy) is 1. The molecule has 0 fully saturated rings. The summed E-state index contributed by atoms with van der Waals surface area (Å²) < 4.78 is 5.56. The zero-order chi connectivity index (χ0) is 18.2. The number of carbonyl (C=O) groups is 2. The maximum absolute atomic E-state index is 12.7. The first-order chi connectivity index (χ1) is 12.0. The third-order valence-corrected chi connectivity index (χ3v) is 4.12. The molecule has 2 aromatic carbocycles. The molecule has 2 aromatic rings. The largest absolute Gasteiger partial charge is 0.484 e. The van der Waals surface area contributed by atoms with E-state index in [0.717, 1.165) is 11.1 Å². The molecule has 0 aliphatic heterocycles. The third-order valence-electron chi connectivity index (χ3n) is 4.12. The zero-order valence-electron chi connectivity index (χ0n) is 14.9. The molecule has 0 aliphatic rings. The number of amides is 2. The van der Waals surface area contributed by atoms with E-state index in [-0.39, 0.29) is 18.4 Å². The van der Waals surface area contributed by atoms with Crippen molar-refractivity contribution in [2.75, 3.05) is 13.7 Å². The molecule has 25 heavy (non-hydrogen) atoms. The van der Waals surface area contributed by atoms with Gasteiger partial charge in [0, 0.05) is 13.6 Å². The summed E-state index contributed by atoms with van der Waals surface area (Å²) in [5, 5.41) is 2.60. The molecule has 0 saturated carbocycles. The Morgan fingerprint density at radius 2 is 1.72 bits per heavy atom. The summed E-state index contributed by atoms with van der Waals surface area (Å²) >= 11 is 0.